The van der Waals surface area contributed by atoms with Crippen LogP contribution in [0.1, 0.15) is 18.4 Å². The molecule has 1 aromatic carbocycles. The van der Waals surface area contributed by atoms with Gasteiger partial charge < -0.3 is 5.32 Å². The second-order valence-electron chi connectivity index (χ2n) is 4.14. The Morgan fingerprint density at radius 1 is 1.28 bits per heavy atom. The molecule has 0 bridgehead atoms. The van der Waals surface area contributed by atoms with Gasteiger partial charge in [0.2, 0.25) is 10.0 Å². The van der Waals surface area contributed by atoms with E-state index in [1.165, 1.54) is 0 Å². The summed E-state index contributed by atoms with van der Waals surface area (Å²) in [5.41, 5.74) is 1.30. The molecule has 0 aliphatic rings. The summed E-state index contributed by atoms with van der Waals surface area (Å²) in [7, 11) is -1.44. The van der Waals surface area contributed by atoms with E-state index in [2.05, 4.69) is 10.0 Å². The predicted molar refractivity (Wildman–Crippen MR) is 76.8 cm³/mol. The Morgan fingerprint density at radius 3 is 2.67 bits per heavy atom. The van der Waals surface area contributed by atoms with Gasteiger partial charge in [0.1, 0.15) is 0 Å². The van der Waals surface area contributed by atoms with E-state index in [4.69, 9.17) is 11.6 Å². The molecule has 0 heterocycles. The van der Waals surface area contributed by atoms with Gasteiger partial charge in [0, 0.05) is 5.02 Å². The van der Waals surface area contributed by atoms with Crippen molar-refractivity contribution in [3.63, 3.8) is 0 Å². The van der Waals surface area contributed by atoms with Crippen LogP contribution in [0.4, 0.5) is 5.69 Å². The third-order valence-electron chi connectivity index (χ3n) is 2.62. The Labute approximate surface area is 114 Å². The van der Waals surface area contributed by atoms with Crippen LogP contribution in [0, 0.1) is 6.92 Å². The predicted octanol–water partition coefficient (Wildman–Crippen LogP) is 2.39. The minimum absolute atomic E-state index is 0.126. The monoisotopic (exact) mass is 290 g/mol. The van der Waals surface area contributed by atoms with Crippen molar-refractivity contribution in [1.82, 2.24) is 5.32 Å². The van der Waals surface area contributed by atoms with Crippen LogP contribution < -0.4 is 10.0 Å². The second kappa shape index (κ2) is 6.97. The molecule has 0 saturated carbocycles. The van der Waals surface area contributed by atoms with E-state index in [9.17, 15) is 8.42 Å². The first-order chi connectivity index (χ1) is 8.46. The van der Waals surface area contributed by atoms with E-state index in [-0.39, 0.29) is 5.75 Å². The van der Waals surface area contributed by atoms with Crippen LogP contribution in [0.15, 0.2) is 18.2 Å². The Kier molecular flexibility index (Phi) is 5.91. The lowest BCUT2D eigenvalue weighted by Gasteiger charge is -2.11. The molecule has 0 unspecified atom stereocenters. The smallest absolute Gasteiger partial charge is 0.232 e. The minimum Gasteiger partial charge on any atom is -0.320 e. The molecule has 0 aliphatic heterocycles. The molecule has 0 amide bonds. The van der Waals surface area contributed by atoms with Crippen LogP contribution in [0.25, 0.3) is 0 Å². The number of unbranched alkanes of at least 4 members (excludes halogenated alkanes) is 1. The van der Waals surface area contributed by atoms with Gasteiger partial charge in [-0.25, -0.2) is 8.42 Å². The van der Waals surface area contributed by atoms with Gasteiger partial charge in [-0.2, -0.15) is 0 Å². The Hall–Kier alpha value is -0.780. The van der Waals surface area contributed by atoms with Crippen LogP contribution in [-0.2, 0) is 10.0 Å². The van der Waals surface area contributed by atoms with Gasteiger partial charge in [0.05, 0.1) is 11.4 Å². The quantitative estimate of drug-likeness (QED) is 0.758. The first-order valence-electron chi connectivity index (χ1n) is 5.86. The summed E-state index contributed by atoms with van der Waals surface area (Å²) in [6.07, 6.45) is 1.47. The minimum atomic E-state index is -3.29. The first kappa shape index (κ1) is 15.3. The van der Waals surface area contributed by atoms with Gasteiger partial charge in [-0.1, -0.05) is 17.7 Å². The van der Waals surface area contributed by atoms with Crippen LogP contribution in [-0.4, -0.2) is 27.8 Å². The molecule has 0 atom stereocenters. The molecule has 4 nitrogen and oxygen atoms in total. The van der Waals surface area contributed by atoms with Crippen molar-refractivity contribution < 1.29 is 8.42 Å². The molecule has 0 spiro atoms. The number of benzene rings is 1. The zero-order valence-electron chi connectivity index (χ0n) is 10.7. The fraction of sp³-hybridized carbons (Fsp3) is 0.500. The fourth-order valence-electron chi connectivity index (χ4n) is 1.53. The van der Waals surface area contributed by atoms with Crippen LogP contribution >= 0.6 is 11.6 Å². The lowest BCUT2D eigenvalue weighted by atomic mass is 10.2. The van der Waals surface area contributed by atoms with E-state index < -0.39 is 10.0 Å². The average Bonchev–Trinajstić information content (AvgIpc) is 2.31. The maximum absolute atomic E-state index is 11.9. The molecule has 0 aromatic heterocycles. The van der Waals surface area contributed by atoms with Crippen molar-refractivity contribution in [2.75, 3.05) is 24.1 Å². The first-order valence-corrected chi connectivity index (χ1v) is 7.89. The maximum atomic E-state index is 11.9. The summed E-state index contributed by atoms with van der Waals surface area (Å²) in [6.45, 7) is 2.62. The van der Waals surface area contributed by atoms with Gasteiger partial charge in [0.15, 0.2) is 0 Å². The molecule has 0 aliphatic carbocycles. The van der Waals surface area contributed by atoms with Crippen LogP contribution in [0.5, 0.6) is 0 Å². The largest absolute Gasteiger partial charge is 0.320 e. The zero-order chi connectivity index (χ0) is 13.6. The molecule has 1 aromatic rings. The Bertz CT molecular complexity index is 489. The number of sulfonamides is 1. The molecular weight excluding hydrogens is 272 g/mol. The molecule has 6 heteroatoms. The van der Waals surface area contributed by atoms with E-state index in [1.807, 2.05) is 7.05 Å². The van der Waals surface area contributed by atoms with Gasteiger partial charge in [0.25, 0.3) is 0 Å². The summed E-state index contributed by atoms with van der Waals surface area (Å²) in [4.78, 5) is 0. The standard InChI is InChI=1S/C12H19ClN2O2S/c1-10-11(13)6-5-7-12(10)15-18(16,17)9-4-3-8-14-2/h5-7,14-15H,3-4,8-9H2,1-2H3. The SMILES string of the molecule is CNCCCCS(=O)(=O)Nc1cccc(Cl)c1C. The summed E-state index contributed by atoms with van der Waals surface area (Å²) in [5, 5.41) is 3.55. The molecule has 1 rings (SSSR count). The highest BCUT2D eigenvalue weighted by Crippen LogP contribution is 2.23. The summed E-state index contributed by atoms with van der Waals surface area (Å²) < 4.78 is 26.3. The van der Waals surface area contributed by atoms with Gasteiger partial charge in [-0.15, -0.1) is 0 Å². The van der Waals surface area contributed by atoms with Gasteiger partial charge >= 0.3 is 0 Å². The van der Waals surface area contributed by atoms with E-state index in [1.54, 1.807) is 25.1 Å². The van der Waals surface area contributed by atoms with E-state index in [0.29, 0.717) is 17.1 Å². The van der Waals surface area contributed by atoms with Crippen LogP contribution in [0.2, 0.25) is 5.02 Å². The van der Waals surface area contributed by atoms with Gasteiger partial charge in [-0.3, -0.25) is 4.72 Å². The maximum Gasteiger partial charge on any atom is 0.232 e. The summed E-state index contributed by atoms with van der Waals surface area (Å²) in [6, 6.07) is 5.18. The highest BCUT2D eigenvalue weighted by Gasteiger charge is 2.12. The van der Waals surface area contributed by atoms with E-state index >= 15 is 0 Å². The number of halogens is 1. The lowest BCUT2D eigenvalue weighted by molar-refractivity contribution is 0.595. The van der Waals surface area contributed by atoms with Gasteiger partial charge in [-0.05, 0) is 51.1 Å². The van der Waals surface area contributed by atoms with Crippen LogP contribution in [0.3, 0.4) is 0 Å². The molecule has 0 saturated heterocycles. The molecule has 2 N–H and O–H groups in total. The summed E-state index contributed by atoms with van der Waals surface area (Å²) in [5.74, 6) is 0.126. The molecule has 102 valence electrons. The molecular formula is C12H19ClN2O2S. The number of rotatable bonds is 7. The summed E-state index contributed by atoms with van der Waals surface area (Å²) >= 11 is 5.95. The highest BCUT2D eigenvalue weighted by molar-refractivity contribution is 7.92. The van der Waals surface area contributed by atoms with Crippen molar-refractivity contribution in [1.29, 1.82) is 0 Å². The van der Waals surface area contributed by atoms with Crippen molar-refractivity contribution in [2.45, 2.75) is 19.8 Å². The van der Waals surface area contributed by atoms with E-state index in [0.717, 1.165) is 18.5 Å². The topological polar surface area (TPSA) is 58.2 Å². The normalized spacial score (nSPS) is 11.5. The highest BCUT2D eigenvalue weighted by atomic mass is 35.5. The zero-order valence-corrected chi connectivity index (χ0v) is 12.2. The Morgan fingerprint density at radius 2 is 2.00 bits per heavy atom. The number of hydrogen-bond acceptors (Lipinski definition) is 3. The Balaban J connectivity index is 2.62. The number of nitrogens with one attached hydrogen (secondary N) is 2. The third kappa shape index (κ3) is 4.84. The fourth-order valence-corrected chi connectivity index (χ4v) is 2.95. The molecule has 18 heavy (non-hydrogen) atoms. The second-order valence-corrected chi connectivity index (χ2v) is 6.39. The molecule has 0 fully saturated rings. The van der Waals surface area contributed by atoms with Crippen molar-refractivity contribution in [2.24, 2.45) is 0 Å². The number of hydrogen-bond donors (Lipinski definition) is 2. The van der Waals surface area contributed by atoms with Crippen molar-refractivity contribution in [3.8, 4) is 0 Å². The molecule has 0 radical (unpaired) electrons. The van der Waals surface area contributed by atoms with Crippen molar-refractivity contribution in [3.05, 3.63) is 28.8 Å². The average molecular weight is 291 g/mol. The number of anilines is 1. The lowest BCUT2D eigenvalue weighted by Crippen LogP contribution is -2.18. The third-order valence-corrected chi connectivity index (χ3v) is 4.39. The van der Waals surface area contributed by atoms with Crippen molar-refractivity contribution >= 4 is 27.3 Å².